The van der Waals surface area contributed by atoms with Gasteiger partial charge in [-0.1, -0.05) is 13.8 Å². The molecule has 0 radical (unpaired) electrons. The Morgan fingerprint density at radius 1 is 1.50 bits per heavy atom. The minimum atomic E-state index is -0.540. The topological polar surface area (TPSA) is 61.6 Å². The Morgan fingerprint density at radius 2 is 2.11 bits per heavy atom. The van der Waals surface area contributed by atoms with Crippen molar-refractivity contribution in [2.45, 2.75) is 38.8 Å². The fourth-order valence-electron chi connectivity index (χ4n) is 2.69. The van der Waals surface area contributed by atoms with E-state index in [0.29, 0.717) is 12.6 Å². The smallest absolute Gasteiger partial charge is 0.239 e. The molecule has 0 saturated carbocycles. The Balaban J connectivity index is 2.52. The van der Waals surface area contributed by atoms with Gasteiger partial charge in [0.1, 0.15) is 5.54 Å². The third-order valence-electron chi connectivity index (χ3n) is 4.17. The van der Waals surface area contributed by atoms with Crippen LogP contribution in [0.5, 0.6) is 0 Å². The number of carbonyl (C=O) groups excluding carboxylic acids is 1. The number of hydrogen-bond acceptors (Lipinski definition) is 4. The molecule has 18 heavy (non-hydrogen) atoms. The summed E-state index contributed by atoms with van der Waals surface area (Å²) in [5.74, 6) is -0.224. The molecule has 1 heterocycles. The lowest BCUT2D eigenvalue weighted by Crippen LogP contribution is -2.58. The van der Waals surface area contributed by atoms with E-state index in [1.165, 1.54) is 0 Å². The van der Waals surface area contributed by atoms with Gasteiger partial charge in [0.15, 0.2) is 0 Å². The molecule has 0 bridgehead atoms. The molecule has 0 aromatic heterocycles. The molecule has 2 unspecified atom stereocenters. The molecule has 1 rings (SSSR count). The molecule has 1 amide bonds. The minimum Gasteiger partial charge on any atom is -0.368 e. The molecule has 0 aliphatic carbocycles. The second-order valence-electron chi connectivity index (χ2n) is 5.37. The maximum Gasteiger partial charge on any atom is 0.239 e. The van der Waals surface area contributed by atoms with Gasteiger partial charge in [-0.25, -0.2) is 0 Å². The highest BCUT2D eigenvalue weighted by Crippen LogP contribution is 2.25. The summed E-state index contributed by atoms with van der Waals surface area (Å²) < 4.78 is 0. The summed E-state index contributed by atoms with van der Waals surface area (Å²) in [7, 11) is 2.04. The third kappa shape index (κ3) is 3.43. The number of nitrogens with zero attached hydrogens (tertiary/aromatic N) is 2. The summed E-state index contributed by atoms with van der Waals surface area (Å²) in [6.07, 6.45) is 0.803. The van der Waals surface area contributed by atoms with Gasteiger partial charge in [-0.3, -0.25) is 4.79 Å². The zero-order valence-corrected chi connectivity index (χ0v) is 12.2. The highest BCUT2D eigenvalue weighted by Gasteiger charge is 2.44. The Hall–Kier alpha value is -0.650. The molecular weight excluding hydrogens is 228 g/mol. The number of nitrogens with two attached hydrogens (primary N) is 1. The molecular formula is C13H28N4O. The van der Waals surface area contributed by atoms with Crippen LogP contribution in [0.25, 0.3) is 0 Å². The Bertz CT molecular complexity index is 268. The second kappa shape index (κ2) is 6.50. The Labute approximate surface area is 111 Å². The summed E-state index contributed by atoms with van der Waals surface area (Å²) in [4.78, 5) is 16.3. The molecule has 2 atom stereocenters. The highest BCUT2D eigenvalue weighted by molar-refractivity contribution is 5.85. The van der Waals surface area contributed by atoms with Crippen molar-refractivity contribution in [3.63, 3.8) is 0 Å². The second-order valence-corrected chi connectivity index (χ2v) is 5.37. The summed E-state index contributed by atoms with van der Waals surface area (Å²) >= 11 is 0. The monoisotopic (exact) mass is 256 g/mol. The maximum atomic E-state index is 11.7. The first-order valence-corrected chi connectivity index (χ1v) is 6.92. The molecule has 0 aromatic rings. The van der Waals surface area contributed by atoms with Crippen LogP contribution in [0.2, 0.25) is 0 Å². The number of likely N-dealkylation sites (N-methyl/N-ethyl adjacent to an activating group) is 2. The lowest BCUT2D eigenvalue weighted by molar-refractivity contribution is -0.124. The number of primary amides is 1. The van der Waals surface area contributed by atoms with Crippen molar-refractivity contribution in [1.82, 2.24) is 15.1 Å². The molecule has 3 N–H and O–H groups in total. The summed E-state index contributed by atoms with van der Waals surface area (Å²) in [6.45, 7) is 11.0. The van der Waals surface area contributed by atoms with E-state index in [4.69, 9.17) is 5.73 Å². The predicted octanol–water partition coefficient (Wildman–Crippen LogP) is -0.134. The quantitative estimate of drug-likeness (QED) is 0.666. The van der Waals surface area contributed by atoms with E-state index >= 15 is 0 Å². The Kier molecular flexibility index (Phi) is 5.56. The number of carbonyl (C=O) groups is 1. The number of nitrogens with one attached hydrogen (secondary N) is 1. The minimum absolute atomic E-state index is 0.224. The predicted molar refractivity (Wildman–Crippen MR) is 74.4 cm³/mol. The zero-order chi connectivity index (χ0) is 13.8. The molecule has 106 valence electrons. The first-order valence-electron chi connectivity index (χ1n) is 6.92. The van der Waals surface area contributed by atoms with Crippen molar-refractivity contribution in [1.29, 1.82) is 0 Å². The van der Waals surface area contributed by atoms with Crippen molar-refractivity contribution in [3.8, 4) is 0 Å². The standard InChI is InChI=1S/C13H28N4O/c1-5-17(6-2)8-7-15-13(12(14)18)9-11(3)16(4)10-13/h11,15H,5-10H2,1-4H3,(H2,14,18). The molecule has 0 spiro atoms. The van der Waals surface area contributed by atoms with Gasteiger partial charge in [-0.15, -0.1) is 0 Å². The molecule has 1 aliphatic rings. The van der Waals surface area contributed by atoms with Crippen LogP contribution in [0.15, 0.2) is 0 Å². The average molecular weight is 256 g/mol. The van der Waals surface area contributed by atoms with Gasteiger partial charge >= 0.3 is 0 Å². The van der Waals surface area contributed by atoms with Crippen molar-refractivity contribution in [3.05, 3.63) is 0 Å². The van der Waals surface area contributed by atoms with Crippen molar-refractivity contribution >= 4 is 5.91 Å². The van der Waals surface area contributed by atoms with Crippen molar-refractivity contribution in [2.75, 3.05) is 39.8 Å². The normalized spacial score (nSPS) is 29.1. The van der Waals surface area contributed by atoms with E-state index in [1.54, 1.807) is 0 Å². The largest absolute Gasteiger partial charge is 0.368 e. The van der Waals surface area contributed by atoms with Gasteiger partial charge in [-0.05, 0) is 33.5 Å². The van der Waals surface area contributed by atoms with Gasteiger partial charge in [0, 0.05) is 25.7 Å². The first kappa shape index (κ1) is 15.4. The van der Waals surface area contributed by atoms with Gasteiger partial charge in [0.25, 0.3) is 0 Å². The lowest BCUT2D eigenvalue weighted by atomic mass is 9.95. The van der Waals surface area contributed by atoms with E-state index < -0.39 is 5.54 Å². The van der Waals surface area contributed by atoms with Gasteiger partial charge < -0.3 is 20.9 Å². The summed E-state index contributed by atoms with van der Waals surface area (Å²) in [5, 5.41) is 3.40. The molecule has 1 fully saturated rings. The van der Waals surface area contributed by atoms with Crippen LogP contribution in [0.3, 0.4) is 0 Å². The molecule has 1 aliphatic heterocycles. The van der Waals surface area contributed by atoms with E-state index in [0.717, 1.165) is 32.6 Å². The molecule has 5 heteroatoms. The van der Waals surface area contributed by atoms with E-state index in [9.17, 15) is 4.79 Å². The van der Waals surface area contributed by atoms with Crippen LogP contribution in [-0.2, 0) is 4.79 Å². The number of hydrogen-bond donors (Lipinski definition) is 2. The van der Waals surface area contributed by atoms with Gasteiger partial charge in [-0.2, -0.15) is 0 Å². The number of amides is 1. The van der Waals surface area contributed by atoms with Gasteiger partial charge in [0.2, 0.25) is 5.91 Å². The van der Waals surface area contributed by atoms with Crippen molar-refractivity contribution in [2.24, 2.45) is 5.73 Å². The fourth-order valence-corrected chi connectivity index (χ4v) is 2.69. The summed E-state index contributed by atoms with van der Waals surface area (Å²) in [5.41, 5.74) is 5.06. The zero-order valence-electron chi connectivity index (χ0n) is 12.2. The third-order valence-corrected chi connectivity index (χ3v) is 4.17. The number of rotatable bonds is 7. The average Bonchev–Trinajstić information content (AvgIpc) is 2.62. The molecule has 5 nitrogen and oxygen atoms in total. The van der Waals surface area contributed by atoms with E-state index in [1.807, 2.05) is 7.05 Å². The SMILES string of the molecule is CCN(CC)CCNC1(C(N)=O)CC(C)N(C)C1. The summed E-state index contributed by atoms with van der Waals surface area (Å²) in [6, 6.07) is 0.401. The van der Waals surface area contributed by atoms with Crippen LogP contribution >= 0.6 is 0 Å². The number of likely N-dealkylation sites (tertiary alicyclic amines) is 1. The van der Waals surface area contributed by atoms with Gasteiger partial charge in [0.05, 0.1) is 0 Å². The highest BCUT2D eigenvalue weighted by atomic mass is 16.1. The van der Waals surface area contributed by atoms with Crippen LogP contribution in [0, 0.1) is 0 Å². The van der Waals surface area contributed by atoms with E-state index in [2.05, 4.69) is 35.9 Å². The van der Waals surface area contributed by atoms with Crippen LogP contribution < -0.4 is 11.1 Å². The lowest BCUT2D eigenvalue weighted by Gasteiger charge is -2.28. The molecule has 1 saturated heterocycles. The van der Waals surface area contributed by atoms with E-state index in [-0.39, 0.29) is 5.91 Å². The first-order chi connectivity index (χ1) is 8.45. The molecule has 0 aromatic carbocycles. The fraction of sp³-hybridized carbons (Fsp3) is 0.923. The van der Waals surface area contributed by atoms with Crippen LogP contribution in [0.4, 0.5) is 0 Å². The van der Waals surface area contributed by atoms with Crippen molar-refractivity contribution < 1.29 is 4.79 Å². The Morgan fingerprint density at radius 3 is 2.50 bits per heavy atom. The van der Waals surface area contributed by atoms with Crippen LogP contribution in [0.1, 0.15) is 27.2 Å². The maximum absolute atomic E-state index is 11.7. The van der Waals surface area contributed by atoms with Crippen LogP contribution in [-0.4, -0.2) is 67.1 Å².